The van der Waals surface area contributed by atoms with E-state index in [2.05, 4.69) is 41.4 Å². The Bertz CT molecular complexity index is 726. The summed E-state index contributed by atoms with van der Waals surface area (Å²) < 4.78 is 5.30. The minimum absolute atomic E-state index is 0.0464. The highest BCUT2D eigenvalue weighted by Gasteiger charge is 2.21. The molecule has 5 heteroatoms. The van der Waals surface area contributed by atoms with Gasteiger partial charge in [0.2, 0.25) is 0 Å². The molecule has 1 aliphatic heterocycles. The molecule has 3 rings (SSSR count). The van der Waals surface area contributed by atoms with Gasteiger partial charge in [-0.25, -0.2) is 0 Å². The molecule has 128 valence electrons. The fraction of sp³-hybridized carbons (Fsp3) is 0.421. The first-order valence-corrected chi connectivity index (χ1v) is 9.13. The van der Waals surface area contributed by atoms with Gasteiger partial charge in [0.05, 0.1) is 7.11 Å². The van der Waals surface area contributed by atoms with Gasteiger partial charge >= 0.3 is 0 Å². The van der Waals surface area contributed by atoms with Crippen LogP contribution in [-0.2, 0) is 13.0 Å². The number of hydrogen-bond acceptors (Lipinski definition) is 4. The van der Waals surface area contributed by atoms with Crippen LogP contribution in [0.25, 0.3) is 0 Å². The molecule has 1 amide bonds. The van der Waals surface area contributed by atoms with Gasteiger partial charge in [0.15, 0.2) is 0 Å². The molecule has 1 N–H and O–H groups in total. The van der Waals surface area contributed by atoms with Gasteiger partial charge in [-0.15, -0.1) is 11.3 Å². The van der Waals surface area contributed by atoms with Crippen LogP contribution in [0, 0.1) is 6.92 Å². The van der Waals surface area contributed by atoms with Crippen molar-refractivity contribution < 1.29 is 9.53 Å². The lowest BCUT2D eigenvalue weighted by molar-refractivity contribution is 0.0928. The topological polar surface area (TPSA) is 41.6 Å². The van der Waals surface area contributed by atoms with E-state index >= 15 is 0 Å². The number of ether oxygens (including phenoxy) is 1. The van der Waals surface area contributed by atoms with Crippen LogP contribution in [0.2, 0.25) is 0 Å². The molecule has 24 heavy (non-hydrogen) atoms. The average Bonchev–Trinajstić information content (AvgIpc) is 2.95. The van der Waals surface area contributed by atoms with Gasteiger partial charge in [-0.05, 0) is 37.5 Å². The first-order chi connectivity index (χ1) is 11.6. The van der Waals surface area contributed by atoms with E-state index in [0.29, 0.717) is 10.6 Å². The highest BCUT2D eigenvalue weighted by Crippen LogP contribution is 2.28. The highest BCUT2D eigenvalue weighted by atomic mass is 32.1. The van der Waals surface area contributed by atoms with Gasteiger partial charge in [-0.3, -0.25) is 9.69 Å². The fourth-order valence-corrected chi connectivity index (χ4v) is 4.12. The fourth-order valence-electron chi connectivity index (χ4n) is 3.23. The molecule has 2 aromatic rings. The maximum atomic E-state index is 12.5. The Morgan fingerprint density at radius 3 is 2.88 bits per heavy atom. The molecular weight excluding hydrogens is 320 g/mol. The first kappa shape index (κ1) is 17.0. The van der Waals surface area contributed by atoms with Crippen LogP contribution in [-0.4, -0.2) is 37.0 Å². The number of methoxy groups -OCH3 is 1. The van der Waals surface area contributed by atoms with Crippen LogP contribution >= 0.6 is 11.3 Å². The number of hydrogen-bond donors (Lipinski definition) is 1. The molecule has 0 radical (unpaired) electrons. The maximum Gasteiger partial charge on any atom is 0.265 e. The van der Waals surface area contributed by atoms with E-state index < -0.39 is 0 Å². The molecule has 1 aromatic heterocycles. The van der Waals surface area contributed by atoms with E-state index in [4.69, 9.17) is 4.74 Å². The average molecular weight is 344 g/mol. The molecule has 2 heterocycles. The largest absolute Gasteiger partial charge is 0.495 e. The van der Waals surface area contributed by atoms with Crippen LogP contribution in [0.3, 0.4) is 0 Å². The third-order valence-electron chi connectivity index (χ3n) is 4.37. The van der Waals surface area contributed by atoms with E-state index in [9.17, 15) is 4.79 Å². The van der Waals surface area contributed by atoms with Crippen LogP contribution in [0.4, 0.5) is 0 Å². The summed E-state index contributed by atoms with van der Waals surface area (Å²) in [5.41, 5.74) is 2.85. The lowest BCUT2D eigenvalue weighted by atomic mass is 10.00. The van der Waals surface area contributed by atoms with Crippen molar-refractivity contribution in [2.45, 2.75) is 32.9 Å². The number of aryl methyl sites for hydroxylation is 1. The number of amides is 1. The van der Waals surface area contributed by atoms with Crippen molar-refractivity contribution in [2.75, 3.05) is 20.2 Å². The third kappa shape index (κ3) is 3.79. The Kier molecular flexibility index (Phi) is 5.21. The number of carbonyl (C=O) groups is 1. The molecule has 0 fully saturated rings. The van der Waals surface area contributed by atoms with Gasteiger partial charge in [0.25, 0.3) is 5.91 Å². The van der Waals surface area contributed by atoms with Crippen molar-refractivity contribution in [1.29, 1.82) is 0 Å². The quantitative estimate of drug-likeness (QED) is 0.905. The summed E-state index contributed by atoms with van der Waals surface area (Å²) in [6.45, 7) is 6.90. The molecule has 1 aromatic carbocycles. The van der Waals surface area contributed by atoms with Gasteiger partial charge in [0, 0.05) is 30.6 Å². The normalized spacial score (nSPS) is 15.6. The molecule has 0 spiro atoms. The van der Waals surface area contributed by atoms with Crippen molar-refractivity contribution in [3.8, 4) is 5.75 Å². The summed E-state index contributed by atoms with van der Waals surface area (Å²) in [6.07, 6.45) is 1.08. The number of carbonyl (C=O) groups excluding carboxylic acids is 1. The SMILES string of the molecule is COc1cc(C)sc1C(=O)NC(C)CN1CCc2ccccc2C1. The Balaban J connectivity index is 1.58. The zero-order valence-electron chi connectivity index (χ0n) is 14.5. The summed E-state index contributed by atoms with van der Waals surface area (Å²) in [4.78, 5) is 16.6. The number of rotatable bonds is 5. The molecule has 1 atom stereocenters. The van der Waals surface area contributed by atoms with Crippen molar-refractivity contribution in [2.24, 2.45) is 0 Å². The predicted octanol–water partition coefficient (Wildman–Crippen LogP) is 3.24. The number of nitrogens with zero attached hydrogens (tertiary/aromatic N) is 1. The van der Waals surface area contributed by atoms with Gasteiger partial charge in [0.1, 0.15) is 10.6 Å². The van der Waals surface area contributed by atoms with Crippen LogP contribution in [0.1, 0.15) is 32.6 Å². The zero-order chi connectivity index (χ0) is 17.1. The minimum atomic E-state index is -0.0464. The van der Waals surface area contributed by atoms with Crippen molar-refractivity contribution in [1.82, 2.24) is 10.2 Å². The van der Waals surface area contributed by atoms with Crippen molar-refractivity contribution in [3.63, 3.8) is 0 Å². The second kappa shape index (κ2) is 7.36. The predicted molar refractivity (Wildman–Crippen MR) is 98.0 cm³/mol. The third-order valence-corrected chi connectivity index (χ3v) is 5.40. The molecule has 0 bridgehead atoms. The molecule has 0 saturated carbocycles. The van der Waals surface area contributed by atoms with Gasteiger partial charge in [-0.1, -0.05) is 24.3 Å². The summed E-state index contributed by atoms with van der Waals surface area (Å²) in [6, 6.07) is 10.6. The van der Waals surface area contributed by atoms with Crippen LogP contribution in [0.15, 0.2) is 30.3 Å². The lowest BCUT2D eigenvalue weighted by Crippen LogP contribution is -2.43. The van der Waals surface area contributed by atoms with E-state index in [0.717, 1.165) is 30.9 Å². The van der Waals surface area contributed by atoms with E-state index in [1.807, 2.05) is 13.0 Å². The minimum Gasteiger partial charge on any atom is -0.495 e. The number of fused-ring (bicyclic) bond motifs is 1. The summed E-state index contributed by atoms with van der Waals surface area (Å²) in [7, 11) is 1.60. The summed E-state index contributed by atoms with van der Waals surface area (Å²) in [5.74, 6) is 0.615. The number of benzene rings is 1. The standard InChI is InChI=1S/C19H24N2O2S/c1-13(20-19(22)18-17(23-3)10-14(2)24-18)11-21-9-8-15-6-4-5-7-16(15)12-21/h4-7,10,13H,8-9,11-12H2,1-3H3,(H,20,22). The Morgan fingerprint density at radius 2 is 2.12 bits per heavy atom. The lowest BCUT2D eigenvalue weighted by Gasteiger charge is -2.31. The van der Waals surface area contributed by atoms with Gasteiger partial charge in [-0.2, -0.15) is 0 Å². The smallest absolute Gasteiger partial charge is 0.265 e. The Morgan fingerprint density at radius 1 is 1.38 bits per heavy atom. The number of thiophene rings is 1. The Labute approximate surface area is 147 Å². The maximum absolute atomic E-state index is 12.5. The second-order valence-electron chi connectivity index (χ2n) is 6.38. The van der Waals surface area contributed by atoms with Crippen molar-refractivity contribution >= 4 is 17.2 Å². The molecule has 1 aliphatic rings. The highest BCUT2D eigenvalue weighted by molar-refractivity contribution is 7.14. The van der Waals surface area contributed by atoms with Crippen LogP contribution < -0.4 is 10.1 Å². The summed E-state index contributed by atoms with van der Waals surface area (Å²) >= 11 is 1.48. The van der Waals surface area contributed by atoms with Crippen LogP contribution in [0.5, 0.6) is 5.75 Å². The van der Waals surface area contributed by atoms with E-state index in [1.54, 1.807) is 7.11 Å². The molecule has 0 aliphatic carbocycles. The second-order valence-corrected chi connectivity index (χ2v) is 7.64. The molecular formula is C19H24N2O2S. The number of nitrogens with one attached hydrogen (secondary N) is 1. The zero-order valence-corrected chi connectivity index (χ0v) is 15.3. The molecule has 0 saturated heterocycles. The summed E-state index contributed by atoms with van der Waals surface area (Å²) in [5, 5.41) is 3.11. The van der Waals surface area contributed by atoms with Gasteiger partial charge < -0.3 is 10.1 Å². The molecule has 1 unspecified atom stereocenters. The van der Waals surface area contributed by atoms with E-state index in [1.165, 1.54) is 22.5 Å². The van der Waals surface area contributed by atoms with Crippen molar-refractivity contribution in [3.05, 3.63) is 51.2 Å². The Hall–Kier alpha value is -1.85. The monoisotopic (exact) mass is 344 g/mol. The first-order valence-electron chi connectivity index (χ1n) is 8.31. The molecule has 4 nitrogen and oxygen atoms in total. The van der Waals surface area contributed by atoms with E-state index in [-0.39, 0.29) is 11.9 Å².